The second kappa shape index (κ2) is 7.94. The molecule has 1 atom stereocenters. The summed E-state index contributed by atoms with van der Waals surface area (Å²) < 4.78 is 27.5. The number of thiophene rings is 1. The van der Waals surface area contributed by atoms with E-state index in [4.69, 9.17) is 5.73 Å². The topological polar surface area (TPSA) is 83.8 Å². The highest BCUT2D eigenvalue weighted by Crippen LogP contribution is 2.26. The molecule has 0 radical (unpaired) electrons. The molecule has 0 aliphatic carbocycles. The fourth-order valence-corrected chi connectivity index (χ4v) is 3.56. The molecule has 2 aromatic heterocycles. The lowest BCUT2D eigenvalue weighted by molar-refractivity contribution is -0.117. The summed E-state index contributed by atoms with van der Waals surface area (Å²) in [6, 6.07) is 11.4. The summed E-state index contributed by atoms with van der Waals surface area (Å²) in [4.78, 5) is 13.1. The lowest BCUT2D eigenvalue weighted by atomic mass is 10.1. The largest absolute Gasteiger partial charge is 0.322 e. The van der Waals surface area contributed by atoms with Gasteiger partial charge in [0.25, 0.3) is 0 Å². The lowest BCUT2D eigenvalue weighted by Gasteiger charge is -2.11. The predicted octanol–water partition coefficient (Wildman–Crippen LogP) is 4.71. The molecule has 0 saturated heterocycles. The average Bonchev–Trinajstić information content (AvgIpc) is 3.37. The first-order chi connectivity index (χ1) is 14.0. The van der Waals surface area contributed by atoms with E-state index in [1.807, 2.05) is 5.38 Å². The molecule has 2 heterocycles. The zero-order chi connectivity index (χ0) is 20.4. The Balaban J connectivity index is 1.60. The number of aromatic amines is 1. The third-order valence-corrected chi connectivity index (χ3v) is 5.33. The van der Waals surface area contributed by atoms with Crippen LogP contribution in [0.4, 0.5) is 14.5 Å². The Morgan fingerprint density at radius 1 is 1.17 bits per heavy atom. The second-order valence-electron chi connectivity index (χ2n) is 6.35. The van der Waals surface area contributed by atoms with Gasteiger partial charge in [-0.05, 0) is 41.3 Å². The molecular formula is C21H16F2N4OS. The van der Waals surface area contributed by atoms with E-state index in [9.17, 15) is 13.6 Å². The summed E-state index contributed by atoms with van der Waals surface area (Å²) in [5, 5.41) is 11.9. The normalized spacial score (nSPS) is 12.5. The number of amides is 1. The Labute approximate surface area is 168 Å². The van der Waals surface area contributed by atoms with Crippen molar-refractivity contribution in [1.29, 1.82) is 0 Å². The van der Waals surface area contributed by atoms with Gasteiger partial charge in [-0.15, -0.1) is 11.3 Å². The van der Waals surface area contributed by atoms with Crippen molar-refractivity contribution >= 4 is 46.0 Å². The molecular weight excluding hydrogens is 394 g/mol. The van der Waals surface area contributed by atoms with Crippen molar-refractivity contribution in [3.8, 4) is 0 Å². The number of H-pyrrole nitrogens is 1. The van der Waals surface area contributed by atoms with Crippen LogP contribution in [-0.4, -0.2) is 16.1 Å². The van der Waals surface area contributed by atoms with Gasteiger partial charge in [-0.2, -0.15) is 5.10 Å². The molecule has 4 N–H and O–H groups in total. The quantitative estimate of drug-likeness (QED) is 0.445. The number of anilines is 1. The van der Waals surface area contributed by atoms with Crippen LogP contribution < -0.4 is 11.1 Å². The molecule has 8 heteroatoms. The zero-order valence-corrected chi connectivity index (χ0v) is 15.8. The molecule has 0 spiro atoms. The first-order valence-corrected chi connectivity index (χ1v) is 9.60. The Hall–Kier alpha value is -3.36. The first kappa shape index (κ1) is 19.0. The number of hydrogen-bond acceptors (Lipinski definition) is 4. The van der Waals surface area contributed by atoms with Crippen molar-refractivity contribution in [1.82, 2.24) is 10.2 Å². The molecule has 0 bridgehead atoms. The highest BCUT2D eigenvalue weighted by atomic mass is 32.1. The summed E-state index contributed by atoms with van der Waals surface area (Å²) in [5.74, 6) is -1.41. The molecule has 0 aliphatic rings. The van der Waals surface area contributed by atoms with Crippen molar-refractivity contribution in [3.63, 3.8) is 0 Å². The van der Waals surface area contributed by atoms with Crippen LogP contribution in [0.5, 0.6) is 0 Å². The summed E-state index contributed by atoms with van der Waals surface area (Å²) >= 11 is 1.36. The van der Waals surface area contributed by atoms with Crippen molar-refractivity contribution < 1.29 is 13.6 Å². The number of carbonyl (C=O) groups is 1. The van der Waals surface area contributed by atoms with E-state index >= 15 is 0 Å². The molecule has 146 valence electrons. The van der Waals surface area contributed by atoms with Crippen LogP contribution in [0, 0.1) is 11.6 Å². The molecule has 5 nitrogen and oxygen atoms in total. The molecule has 2 aromatic carbocycles. The number of rotatable bonds is 5. The number of nitrogens with two attached hydrogens (primary N) is 1. The molecule has 1 amide bonds. The van der Waals surface area contributed by atoms with Gasteiger partial charge >= 0.3 is 0 Å². The van der Waals surface area contributed by atoms with Crippen LogP contribution in [0.2, 0.25) is 0 Å². The average molecular weight is 410 g/mol. The summed E-state index contributed by atoms with van der Waals surface area (Å²) in [6.45, 7) is 0. The zero-order valence-electron chi connectivity index (χ0n) is 15.0. The maximum absolute atomic E-state index is 14.4. The van der Waals surface area contributed by atoms with Crippen LogP contribution in [-0.2, 0) is 4.79 Å². The van der Waals surface area contributed by atoms with Gasteiger partial charge in [0.05, 0.1) is 16.9 Å². The van der Waals surface area contributed by atoms with Crippen LogP contribution in [0.3, 0.4) is 0 Å². The van der Waals surface area contributed by atoms with Gasteiger partial charge in [-0.25, -0.2) is 8.78 Å². The molecule has 0 saturated carbocycles. The maximum Gasteiger partial charge on any atom is 0.246 e. The Kier molecular flexibility index (Phi) is 5.20. The van der Waals surface area contributed by atoms with E-state index in [1.165, 1.54) is 35.6 Å². The Morgan fingerprint density at radius 2 is 1.97 bits per heavy atom. The predicted molar refractivity (Wildman–Crippen MR) is 111 cm³/mol. The van der Waals surface area contributed by atoms with E-state index in [0.29, 0.717) is 21.5 Å². The number of aromatic nitrogens is 2. The van der Waals surface area contributed by atoms with Gasteiger partial charge in [-0.1, -0.05) is 24.3 Å². The molecule has 0 aliphatic heterocycles. The van der Waals surface area contributed by atoms with Crippen molar-refractivity contribution in [2.75, 3.05) is 5.32 Å². The Bertz CT molecular complexity index is 1180. The third kappa shape index (κ3) is 4.08. The standard InChI is InChI=1S/C21H16F2N4OS/c22-13-6-3-12(4-7-13)5-8-16-14-10-18(15(23)11-17(14)27-26-16)25-21(28)20(24)19-2-1-9-29-19/h1-11,20H,24H2,(H,25,28)(H,26,27)/b8-5+. The number of benzene rings is 2. The van der Waals surface area contributed by atoms with E-state index < -0.39 is 17.8 Å². The molecule has 29 heavy (non-hydrogen) atoms. The number of nitrogens with one attached hydrogen (secondary N) is 2. The maximum atomic E-state index is 14.4. The van der Waals surface area contributed by atoms with E-state index in [1.54, 1.807) is 36.4 Å². The molecule has 4 rings (SSSR count). The van der Waals surface area contributed by atoms with E-state index in [0.717, 1.165) is 5.56 Å². The minimum atomic E-state index is -0.882. The number of halogens is 2. The molecule has 4 aromatic rings. The van der Waals surface area contributed by atoms with Crippen LogP contribution in [0.25, 0.3) is 23.1 Å². The minimum absolute atomic E-state index is 0.0207. The van der Waals surface area contributed by atoms with Gasteiger partial charge in [0.1, 0.15) is 17.7 Å². The van der Waals surface area contributed by atoms with Gasteiger partial charge in [0.15, 0.2) is 0 Å². The molecule has 1 unspecified atom stereocenters. The van der Waals surface area contributed by atoms with E-state index in [2.05, 4.69) is 15.5 Å². The van der Waals surface area contributed by atoms with Gasteiger partial charge in [-0.3, -0.25) is 9.89 Å². The molecule has 0 fully saturated rings. The van der Waals surface area contributed by atoms with Gasteiger partial charge in [0, 0.05) is 16.3 Å². The second-order valence-corrected chi connectivity index (χ2v) is 7.33. The highest BCUT2D eigenvalue weighted by Gasteiger charge is 2.19. The fourth-order valence-electron chi connectivity index (χ4n) is 2.84. The lowest BCUT2D eigenvalue weighted by Crippen LogP contribution is -2.27. The van der Waals surface area contributed by atoms with Crippen LogP contribution in [0.1, 0.15) is 22.2 Å². The smallest absolute Gasteiger partial charge is 0.246 e. The fraction of sp³-hybridized carbons (Fsp3) is 0.0476. The third-order valence-electron chi connectivity index (χ3n) is 4.37. The summed E-state index contributed by atoms with van der Waals surface area (Å²) in [6.07, 6.45) is 3.50. The van der Waals surface area contributed by atoms with Crippen molar-refractivity contribution in [2.45, 2.75) is 6.04 Å². The van der Waals surface area contributed by atoms with Gasteiger partial charge in [0.2, 0.25) is 5.91 Å². The number of nitrogens with zero attached hydrogens (tertiary/aromatic N) is 1. The summed E-state index contributed by atoms with van der Waals surface area (Å²) in [7, 11) is 0. The van der Waals surface area contributed by atoms with Crippen LogP contribution >= 0.6 is 11.3 Å². The first-order valence-electron chi connectivity index (χ1n) is 8.72. The van der Waals surface area contributed by atoms with Gasteiger partial charge < -0.3 is 11.1 Å². The number of hydrogen-bond donors (Lipinski definition) is 3. The van der Waals surface area contributed by atoms with Crippen LogP contribution in [0.15, 0.2) is 53.9 Å². The number of carbonyl (C=O) groups excluding carboxylic acids is 1. The Morgan fingerprint density at radius 3 is 2.69 bits per heavy atom. The highest BCUT2D eigenvalue weighted by molar-refractivity contribution is 7.10. The monoisotopic (exact) mass is 410 g/mol. The van der Waals surface area contributed by atoms with Crippen molar-refractivity contribution in [3.05, 3.63) is 81.7 Å². The minimum Gasteiger partial charge on any atom is -0.322 e. The summed E-state index contributed by atoms with van der Waals surface area (Å²) in [5.41, 5.74) is 7.80. The van der Waals surface area contributed by atoms with Crippen molar-refractivity contribution in [2.24, 2.45) is 5.73 Å². The SMILES string of the molecule is NC(C(=O)Nc1cc2c(/C=C/c3ccc(F)cc3)n[nH]c2cc1F)c1cccs1. The van der Waals surface area contributed by atoms with E-state index in [-0.39, 0.29) is 11.5 Å². The number of fused-ring (bicyclic) bond motifs is 1.